The fourth-order valence-corrected chi connectivity index (χ4v) is 2.50. The molecule has 0 atom stereocenters. The quantitative estimate of drug-likeness (QED) is 0.530. The summed E-state index contributed by atoms with van der Waals surface area (Å²) in [5, 5.41) is 6.22. The predicted octanol–water partition coefficient (Wildman–Crippen LogP) is 2.45. The van der Waals surface area contributed by atoms with Crippen LogP contribution in [-0.2, 0) is 4.84 Å². The zero-order valence-corrected chi connectivity index (χ0v) is 12.7. The molecule has 0 bridgehead atoms. The van der Waals surface area contributed by atoms with E-state index >= 15 is 0 Å². The van der Waals surface area contributed by atoms with Crippen molar-refractivity contribution in [3.63, 3.8) is 0 Å². The summed E-state index contributed by atoms with van der Waals surface area (Å²) in [6, 6.07) is 0. The normalized spacial score (nSPS) is 20.4. The minimum Gasteiger partial charge on any atom is -0.325 e. The third kappa shape index (κ3) is 5.96. The fraction of sp³-hybridized carbons (Fsp3) is 0.786. The molecule has 110 valence electrons. The molecule has 19 heavy (non-hydrogen) atoms. The van der Waals surface area contributed by atoms with E-state index in [4.69, 9.17) is 4.84 Å². The molecule has 1 aliphatic rings. The van der Waals surface area contributed by atoms with Crippen LogP contribution >= 0.6 is 0 Å². The number of carbonyl (C=O) groups excluding carboxylic acids is 1. The molecule has 0 aromatic heterocycles. The van der Waals surface area contributed by atoms with Gasteiger partial charge in [0.05, 0.1) is 0 Å². The van der Waals surface area contributed by atoms with Crippen LogP contribution in [0, 0.1) is 0 Å². The minimum atomic E-state index is -0.427. The van der Waals surface area contributed by atoms with Crippen molar-refractivity contribution < 1.29 is 9.63 Å². The highest BCUT2D eigenvalue weighted by atomic mass is 16.7. The molecule has 3 N–H and O–H groups in total. The number of hydrogen-bond donors (Lipinski definition) is 3. The van der Waals surface area contributed by atoms with Crippen LogP contribution in [0.25, 0.3) is 0 Å². The van der Waals surface area contributed by atoms with E-state index in [1.54, 1.807) is 0 Å². The summed E-state index contributed by atoms with van der Waals surface area (Å²) in [7, 11) is 0. The summed E-state index contributed by atoms with van der Waals surface area (Å²) >= 11 is 0. The van der Waals surface area contributed by atoms with Gasteiger partial charge in [-0.15, -0.1) is 0 Å². The molecule has 1 aliphatic heterocycles. The molecular formula is C14H27N3O2. The molecule has 5 heteroatoms. The Bertz CT molecular complexity index is 349. The average Bonchev–Trinajstić information content (AvgIpc) is 2.22. The molecule has 0 fully saturated rings. The Balaban J connectivity index is 2.44. The van der Waals surface area contributed by atoms with Gasteiger partial charge in [-0.2, -0.15) is 0 Å². The van der Waals surface area contributed by atoms with Gasteiger partial charge in [0, 0.05) is 29.7 Å². The van der Waals surface area contributed by atoms with E-state index in [1.807, 2.05) is 0 Å². The first kappa shape index (κ1) is 15.8. The van der Waals surface area contributed by atoms with Crippen molar-refractivity contribution in [2.75, 3.05) is 6.54 Å². The van der Waals surface area contributed by atoms with E-state index < -0.39 is 6.09 Å². The predicted molar refractivity (Wildman–Crippen MR) is 76.5 cm³/mol. The number of amides is 1. The molecule has 1 heterocycles. The molecule has 0 aromatic rings. The van der Waals surface area contributed by atoms with Crippen molar-refractivity contribution in [2.45, 2.75) is 65.0 Å². The van der Waals surface area contributed by atoms with Gasteiger partial charge in [0.25, 0.3) is 0 Å². The monoisotopic (exact) mass is 269 g/mol. The molecule has 0 aliphatic carbocycles. The summed E-state index contributed by atoms with van der Waals surface area (Å²) in [4.78, 5) is 16.5. The molecule has 1 rings (SSSR count). The van der Waals surface area contributed by atoms with Crippen molar-refractivity contribution in [1.29, 1.82) is 0 Å². The summed E-state index contributed by atoms with van der Waals surface area (Å²) in [6.07, 6.45) is 4.42. The number of unbranched alkanes of at least 4 members (excludes halogenated alkanes) is 1. The van der Waals surface area contributed by atoms with Gasteiger partial charge in [0.15, 0.2) is 0 Å². The lowest BCUT2D eigenvalue weighted by Gasteiger charge is -2.40. The SMILES string of the molecule is CCCCNC(=O)ONC1=CC(C)(C)NC(C)(C)C1. The largest absolute Gasteiger partial charge is 0.431 e. The van der Waals surface area contributed by atoms with Gasteiger partial charge in [-0.05, 0) is 40.2 Å². The Morgan fingerprint density at radius 2 is 2.11 bits per heavy atom. The van der Waals surface area contributed by atoms with Crippen LogP contribution in [0.3, 0.4) is 0 Å². The summed E-state index contributed by atoms with van der Waals surface area (Å²) in [5.41, 5.74) is 3.55. The molecule has 5 nitrogen and oxygen atoms in total. The van der Waals surface area contributed by atoms with E-state index in [0.29, 0.717) is 6.54 Å². The van der Waals surface area contributed by atoms with Gasteiger partial charge in [0.1, 0.15) is 0 Å². The number of carbonyl (C=O) groups is 1. The Morgan fingerprint density at radius 1 is 1.42 bits per heavy atom. The third-order valence-corrected chi connectivity index (χ3v) is 2.90. The van der Waals surface area contributed by atoms with Gasteiger partial charge in [0.2, 0.25) is 0 Å². The zero-order chi connectivity index (χ0) is 14.5. The van der Waals surface area contributed by atoms with Gasteiger partial charge in [-0.25, -0.2) is 10.3 Å². The van der Waals surface area contributed by atoms with E-state index in [1.165, 1.54) is 0 Å². The maximum absolute atomic E-state index is 11.4. The number of hydrogen-bond acceptors (Lipinski definition) is 4. The average molecular weight is 269 g/mol. The van der Waals surface area contributed by atoms with Crippen molar-refractivity contribution in [3.8, 4) is 0 Å². The number of rotatable bonds is 5. The zero-order valence-electron chi connectivity index (χ0n) is 12.7. The van der Waals surface area contributed by atoms with Crippen molar-refractivity contribution in [2.24, 2.45) is 0 Å². The van der Waals surface area contributed by atoms with Crippen LogP contribution in [0.5, 0.6) is 0 Å². The number of nitrogens with one attached hydrogen (secondary N) is 3. The standard InChI is InChI=1S/C14H27N3O2/c1-6-7-8-15-12(18)19-16-11-9-13(2,3)17-14(4,5)10-11/h9,16-17H,6-8,10H2,1-5H3,(H,15,18). The fourth-order valence-electron chi connectivity index (χ4n) is 2.50. The molecular weight excluding hydrogens is 242 g/mol. The molecule has 0 unspecified atom stereocenters. The molecule has 0 spiro atoms. The highest BCUT2D eigenvalue weighted by Gasteiger charge is 2.32. The van der Waals surface area contributed by atoms with Crippen molar-refractivity contribution in [3.05, 3.63) is 11.8 Å². The Kier molecular flexibility index (Phi) is 5.23. The molecule has 0 radical (unpaired) electrons. The first-order chi connectivity index (χ1) is 8.74. The lowest BCUT2D eigenvalue weighted by Crippen LogP contribution is -2.55. The summed E-state index contributed by atoms with van der Waals surface area (Å²) in [6.45, 7) is 11.2. The van der Waals surface area contributed by atoms with E-state index in [2.05, 4.69) is 56.8 Å². The summed E-state index contributed by atoms with van der Waals surface area (Å²) < 4.78 is 0. The molecule has 1 amide bonds. The first-order valence-corrected chi connectivity index (χ1v) is 6.96. The van der Waals surface area contributed by atoms with E-state index in [-0.39, 0.29) is 11.1 Å². The van der Waals surface area contributed by atoms with E-state index in [9.17, 15) is 4.79 Å². The van der Waals surface area contributed by atoms with Crippen LogP contribution < -0.4 is 16.1 Å². The van der Waals surface area contributed by atoms with Crippen LogP contribution in [0.15, 0.2) is 11.8 Å². The minimum absolute atomic E-state index is 0.0252. The van der Waals surface area contributed by atoms with Crippen LogP contribution in [-0.4, -0.2) is 23.7 Å². The highest BCUT2D eigenvalue weighted by molar-refractivity contribution is 5.66. The Hall–Kier alpha value is -1.23. The van der Waals surface area contributed by atoms with Gasteiger partial charge < -0.3 is 15.5 Å². The maximum atomic E-state index is 11.4. The van der Waals surface area contributed by atoms with Gasteiger partial charge in [-0.1, -0.05) is 13.3 Å². The smallest absolute Gasteiger partial charge is 0.325 e. The molecule has 0 saturated heterocycles. The van der Waals surface area contributed by atoms with Crippen molar-refractivity contribution in [1.82, 2.24) is 16.1 Å². The molecule has 0 saturated carbocycles. The van der Waals surface area contributed by atoms with Gasteiger partial charge >= 0.3 is 6.09 Å². The second kappa shape index (κ2) is 6.28. The first-order valence-electron chi connectivity index (χ1n) is 6.96. The second-order valence-corrected chi connectivity index (χ2v) is 6.35. The number of hydroxylamine groups is 1. The van der Waals surface area contributed by atoms with Crippen LogP contribution in [0.4, 0.5) is 4.79 Å². The lowest BCUT2D eigenvalue weighted by molar-refractivity contribution is 0.0972. The molecule has 0 aromatic carbocycles. The Labute approximate surface area is 116 Å². The van der Waals surface area contributed by atoms with Crippen LogP contribution in [0.1, 0.15) is 53.9 Å². The third-order valence-electron chi connectivity index (χ3n) is 2.90. The highest BCUT2D eigenvalue weighted by Crippen LogP contribution is 2.25. The van der Waals surface area contributed by atoms with Crippen molar-refractivity contribution >= 4 is 6.09 Å². The lowest BCUT2D eigenvalue weighted by atomic mass is 9.87. The van der Waals surface area contributed by atoms with Crippen LogP contribution in [0.2, 0.25) is 0 Å². The van der Waals surface area contributed by atoms with Gasteiger partial charge in [-0.3, -0.25) is 0 Å². The Morgan fingerprint density at radius 3 is 2.68 bits per heavy atom. The second-order valence-electron chi connectivity index (χ2n) is 6.35. The maximum Gasteiger partial charge on any atom is 0.431 e. The topological polar surface area (TPSA) is 62.4 Å². The summed E-state index contributed by atoms with van der Waals surface area (Å²) in [5.74, 6) is 0. The van der Waals surface area contributed by atoms with E-state index in [0.717, 1.165) is 25.0 Å².